The van der Waals surface area contributed by atoms with Gasteiger partial charge >= 0.3 is 0 Å². The lowest BCUT2D eigenvalue weighted by Crippen LogP contribution is -2.14. The fraction of sp³-hybridized carbons (Fsp3) is 0.346. The lowest BCUT2D eigenvalue weighted by atomic mass is 9.78. The molecule has 0 saturated heterocycles. The Bertz CT molecular complexity index is 1130. The van der Waals surface area contributed by atoms with Gasteiger partial charge in [0.05, 0.1) is 5.69 Å². The Balaban J connectivity index is 1.55. The minimum atomic E-state index is 0.600. The molecule has 0 radical (unpaired) electrons. The first kappa shape index (κ1) is 17.5. The fourth-order valence-corrected chi connectivity index (χ4v) is 4.96. The second-order valence-electron chi connectivity index (χ2n) is 8.42. The Morgan fingerprint density at radius 1 is 0.964 bits per heavy atom. The average molecular weight is 370 g/mol. The van der Waals surface area contributed by atoms with Crippen molar-refractivity contribution in [3.8, 4) is 11.3 Å². The molecule has 2 nitrogen and oxygen atoms in total. The van der Waals surface area contributed by atoms with Crippen LogP contribution in [0.5, 0.6) is 0 Å². The Morgan fingerprint density at radius 2 is 1.82 bits per heavy atom. The summed E-state index contributed by atoms with van der Waals surface area (Å²) in [5.41, 5.74) is 6.80. The van der Waals surface area contributed by atoms with Gasteiger partial charge in [-0.25, -0.2) is 0 Å². The third-order valence-electron chi connectivity index (χ3n) is 6.67. The molecule has 28 heavy (non-hydrogen) atoms. The molecule has 1 unspecified atom stereocenters. The third kappa shape index (κ3) is 3.01. The van der Waals surface area contributed by atoms with Crippen LogP contribution in [-0.4, -0.2) is 4.98 Å². The Labute approximate surface area is 166 Å². The number of rotatable bonds is 3. The van der Waals surface area contributed by atoms with Crippen LogP contribution in [0.4, 0.5) is 0 Å². The lowest BCUT2D eigenvalue weighted by molar-refractivity contribution is 0.316. The molecule has 0 N–H and O–H groups in total. The third-order valence-corrected chi connectivity index (χ3v) is 6.67. The highest BCUT2D eigenvalue weighted by Crippen LogP contribution is 2.37. The summed E-state index contributed by atoms with van der Waals surface area (Å²) < 4.78 is 6.05. The van der Waals surface area contributed by atoms with Gasteiger partial charge in [-0.3, -0.25) is 4.98 Å². The van der Waals surface area contributed by atoms with Crippen LogP contribution in [-0.2, 0) is 0 Å². The highest BCUT2D eigenvalue weighted by atomic mass is 16.3. The van der Waals surface area contributed by atoms with E-state index in [1.807, 2.05) is 12.3 Å². The summed E-state index contributed by atoms with van der Waals surface area (Å²) in [4.78, 5) is 4.70. The molecule has 0 bridgehead atoms. The van der Waals surface area contributed by atoms with Crippen molar-refractivity contribution in [2.24, 2.45) is 5.92 Å². The van der Waals surface area contributed by atoms with Crippen LogP contribution in [0.3, 0.4) is 0 Å². The smallest absolute Gasteiger partial charge is 0.135 e. The Kier molecular flexibility index (Phi) is 4.43. The van der Waals surface area contributed by atoms with Crippen LogP contribution in [0.1, 0.15) is 56.1 Å². The Morgan fingerprint density at radius 3 is 2.68 bits per heavy atom. The molecule has 2 aromatic heterocycles. The number of furan rings is 1. The first-order valence-corrected chi connectivity index (χ1v) is 10.6. The molecule has 1 aliphatic carbocycles. The van der Waals surface area contributed by atoms with Gasteiger partial charge in [-0.15, -0.1) is 0 Å². The van der Waals surface area contributed by atoms with E-state index < -0.39 is 0 Å². The zero-order chi connectivity index (χ0) is 19.1. The van der Waals surface area contributed by atoms with E-state index in [1.54, 1.807) is 0 Å². The number of hydrogen-bond donors (Lipinski definition) is 0. The Hall–Kier alpha value is -2.61. The molecule has 2 heterocycles. The number of hydrogen-bond acceptors (Lipinski definition) is 2. The average Bonchev–Trinajstić information content (AvgIpc) is 3.13. The summed E-state index contributed by atoms with van der Waals surface area (Å²) in [6, 6.07) is 17.2. The zero-order valence-corrected chi connectivity index (χ0v) is 16.7. The van der Waals surface area contributed by atoms with E-state index in [4.69, 9.17) is 9.40 Å². The van der Waals surface area contributed by atoms with Crippen molar-refractivity contribution in [1.82, 2.24) is 4.98 Å². The fourth-order valence-electron chi connectivity index (χ4n) is 4.96. The predicted molar refractivity (Wildman–Crippen MR) is 117 cm³/mol. The molecule has 1 fully saturated rings. The van der Waals surface area contributed by atoms with Crippen LogP contribution in [0.2, 0.25) is 0 Å². The van der Waals surface area contributed by atoms with Gasteiger partial charge in [0.15, 0.2) is 0 Å². The van der Waals surface area contributed by atoms with Gasteiger partial charge in [0.2, 0.25) is 0 Å². The normalized spacial score (nSPS) is 16.6. The van der Waals surface area contributed by atoms with Gasteiger partial charge in [-0.1, -0.05) is 38.3 Å². The minimum Gasteiger partial charge on any atom is -0.456 e. The van der Waals surface area contributed by atoms with Crippen molar-refractivity contribution in [1.29, 1.82) is 0 Å². The highest BCUT2D eigenvalue weighted by molar-refractivity contribution is 6.07. The van der Waals surface area contributed by atoms with Crippen molar-refractivity contribution >= 4 is 21.9 Å². The molecule has 4 aromatic rings. The first-order chi connectivity index (χ1) is 13.7. The number of nitrogens with zero attached hydrogens (tertiary/aromatic N) is 1. The van der Waals surface area contributed by atoms with Crippen LogP contribution in [0, 0.1) is 12.8 Å². The van der Waals surface area contributed by atoms with Crippen molar-refractivity contribution in [2.75, 3.05) is 0 Å². The topological polar surface area (TPSA) is 26.0 Å². The second kappa shape index (κ2) is 7.09. The number of benzene rings is 2. The highest BCUT2D eigenvalue weighted by Gasteiger charge is 2.22. The molecular formula is C26H27NO. The summed E-state index contributed by atoms with van der Waals surface area (Å²) in [5.74, 6) is 1.41. The maximum Gasteiger partial charge on any atom is 0.135 e. The largest absolute Gasteiger partial charge is 0.456 e. The van der Waals surface area contributed by atoms with Gasteiger partial charge in [0.25, 0.3) is 0 Å². The van der Waals surface area contributed by atoms with Crippen molar-refractivity contribution in [3.05, 3.63) is 65.9 Å². The predicted octanol–water partition coefficient (Wildman–Crippen LogP) is 7.64. The summed E-state index contributed by atoms with van der Waals surface area (Å²) in [5, 5.41) is 2.39. The van der Waals surface area contributed by atoms with Gasteiger partial charge < -0.3 is 4.42 Å². The van der Waals surface area contributed by atoms with E-state index in [0.29, 0.717) is 5.92 Å². The van der Waals surface area contributed by atoms with Crippen LogP contribution in [0.15, 0.2) is 59.1 Å². The molecule has 0 amide bonds. The molecule has 5 rings (SSSR count). The van der Waals surface area contributed by atoms with E-state index >= 15 is 0 Å². The summed E-state index contributed by atoms with van der Waals surface area (Å²) in [7, 11) is 0. The van der Waals surface area contributed by atoms with E-state index in [1.165, 1.54) is 54.0 Å². The molecular weight excluding hydrogens is 342 g/mol. The lowest BCUT2D eigenvalue weighted by Gasteiger charge is -2.28. The number of aromatic nitrogens is 1. The molecule has 2 aromatic carbocycles. The summed E-state index contributed by atoms with van der Waals surface area (Å²) in [6.45, 7) is 4.54. The molecule has 0 spiro atoms. The number of aryl methyl sites for hydroxylation is 1. The van der Waals surface area contributed by atoms with E-state index in [2.05, 4.69) is 56.3 Å². The monoisotopic (exact) mass is 369 g/mol. The number of fused-ring (bicyclic) bond motifs is 3. The van der Waals surface area contributed by atoms with E-state index in [0.717, 1.165) is 28.3 Å². The van der Waals surface area contributed by atoms with E-state index in [9.17, 15) is 0 Å². The molecule has 1 saturated carbocycles. The summed E-state index contributed by atoms with van der Waals surface area (Å²) in [6.07, 6.45) is 8.89. The standard InChI is InChI=1S/C26H27NO/c1-17-7-6-10-25-26(17)22-15-21(11-12-24(22)28-25)23-16-20(13-14-27-23)18(2)19-8-4-3-5-9-19/h6-7,10-16,18-19H,3-5,8-9H2,1-2H3. The first-order valence-electron chi connectivity index (χ1n) is 10.6. The molecule has 2 heteroatoms. The van der Waals surface area contributed by atoms with E-state index in [-0.39, 0.29) is 0 Å². The molecule has 1 atom stereocenters. The second-order valence-corrected chi connectivity index (χ2v) is 8.42. The van der Waals surface area contributed by atoms with Crippen LogP contribution in [0.25, 0.3) is 33.2 Å². The van der Waals surface area contributed by atoms with Crippen molar-refractivity contribution in [3.63, 3.8) is 0 Å². The maximum absolute atomic E-state index is 6.05. The molecule has 142 valence electrons. The van der Waals surface area contributed by atoms with Gasteiger partial charge in [0, 0.05) is 22.5 Å². The molecule has 1 aliphatic rings. The SMILES string of the molecule is Cc1cccc2oc3ccc(-c4cc(C(C)C5CCCCC5)ccn4)cc3c12. The van der Waals surface area contributed by atoms with Crippen molar-refractivity contribution < 1.29 is 4.42 Å². The van der Waals surface area contributed by atoms with Gasteiger partial charge in [-0.05, 0) is 79.1 Å². The minimum absolute atomic E-state index is 0.600. The van der Waals surface area contributed by atoms with Gasteiger partial charge in [-0.2, -0.15) is 0 Å². The van der Waals surface area contributed by atoms with Gasteiger partial charge in [0.1, 0.15) is 11.2 Å². The summed E-state index contributed by atoms with van der Waals surface area (Å²) >= 11 is 0. The van der Waals surface area contributed by atoms with Crippen molar-refractivity contribution in [2.45, 2.75) is 51.9 Å². The number of pyridine rings is 1. The maximum atomic E-state index is 6.05. The zero-order valence-electron chi connectivity index (χ0n) is 16.7. The van der Waals surface area contributed by atoms with Crippen LogP contribution < -0.4 is 0 Å². The quantitative estimate of drug-likeness (QED) is 0.371. The van der Waals surface area contributed by atoms with Crippen LogP contribution >= 0.6 is 0 Å². The molecule has 0 aliphatic heterocycles.